The van der Waals surface area contributed by atoms with Gasteiger partial charge in [0.2, 0.25) is 0 Å². The summed E-state index contributed by atoms with van der Waals surface area (Å²) >= 11 is 2.94. The molecular formula is C95H166BrF3N4O23. The van der Waals surface area contributed by atoms with Gasteiger partial charge in [-0.25, -0.2) is 14.4 Å². The third-order valence-corrected chi connectivity index (χ3v) is 25.4. The topological polar surface area (TPSA) is 395 Å². The number of carbonyl (C=O) groups excluding carboxylic acids is 6. The number of carbonyl (C=O) groups is 7. The maximum Gasteiger partial charge on any atom is 0.490 e. The molecule has 0 aromatic carbocycles. The van der Waals surface area contributed by atoms with Gasteiger partial charge in [-0.15, -0.1) is 0 Å². The second-order valence-corrected chi connectivity index (χ2v) is 37.3. The third kappa shape index (κ3) is 44.5. The summed E-state index contributed by atoms with van der Waals surface area (Å²) in [7, 11) is 4.22. The molecular weight excluding hydrogens is 1700 g/mol. The molecule has 4 saturated heterocycles. The molecule has 0 aromatic rings. The minimum absolute atomic E-state index is 0.0101. The van der Waals surface area contributed by atoms with Crippen molar-refractivity contribution < 1.29 is 125 Å². The van der Waals surface area contributed by atoms with Crippen molar-refractivity contribution in [3.05, 3.63) is 36.5 Å². The van der Waals surface area contributed by atoms with Gasteiger partial charge in [0, 0.05) is 88.4 Å². The molecule has 0 spiro atoms. The number of unbranched alkanes of at least 4 members (excludes halogenated alkanes) is 11. The Morgan fingerprint density at radius 1 is 0.484 bits per heavy atom. The molecule has 27 nitrogen and oxygen atoms in total. The zero-order valence-corrected chi connectivity index (χ0v) is 80.4. The van der Waals surface area contributed by atoms with E-state index < -0.39 is 59.1 Å². The van der Waals surface area contributed by atoms with Gasteiger partial charge in [-0.1, -0.05) is 131 Å². The first-order valence-corrected chi connectivity index (χ1v) is 48.8. The van der Waals surface area contributed by atoms with Crippen molar-refractivity contribution in [2.75, 3.05) is 53.6 Å². The number of esters is 3. The number of alkyl halides is 4. The number of carboxylic acids is 1. The number of fused-ring (bicyclic) bond motifs is 2. The zero-order valence-electron chi connectivity index (χ0n) is 78.8. The van der Waals surface area contributed by atoms with Crippen molar-refractivity contribution in [1.82, 2.24) is 16.0 Å². The number of piperidine rings is 1. The fraction of sp³-hybridized carbons (Fsp3) is 0.863. The molecule has 8 rings (SSSR count). The Kier molecular flexibility index (Phi) is 55.8. The van der Waals surface area contributed by atoms with Crippen LogP contribution < -0.4 is 21.7 Å². The number of nitrogens with one attached hydrogen (secondary N) is 3. The van der Waals surface area contributed by atoms with Gasteiger partial charge in [-0.05, 0) is 242 Å². The van der Waals surface area contributed by atoms with Gasteiger partial charge < -0.3 is 94.4 Å². The highest BCUT2D eigenvalue weighted by atomic mass is 79.9. The monoisotopic (exact) mass is 1870 g/mol. The normalized spacial score (nSPS) is 28.1. The van der Waals surface area contributed by atoms with Gasteiger partial charge in [-0.3, -0.25) is 24.5 Å². The lowest BCUT2D eigenvalue weighted by Crippen LogP contribution is -2.56. The summed E-state index contributed by atoms with van der Waals surface area (Å²) in [5.41, 5.74) is 4.36. The highest BCUT2D eigenvalue weighted by molar-refractivity contribution is 9.08. The molecule has 31 heteroatoms. The lowest BCUT2D eigenvalue weighted by Gasteiger charge is -2.41. The smallest absolute Gasteiger partial charge is 0.475 e. The standard InChI is InChI=1S/C28H49NO7.C22H39NO6.2C21H37NO4.C2HF3O2.CH3Br/c1-6-7-12-16-28(34-18-19-35-28)17-15-21-22(13-10-8-9-11-14-25(31)33-5)24(30)20-23(21)29-26(32)36-27(2,3)4;1-5-6-7-9-22(26-11-12-27-22)10-8-15-16-13-19(24)28-18(16)14-17(15)23-20(25)29-21(2,3)4;1-3-4-9-13-21(25)14-12-16-17(19(23)15-18(16)22-21)10-7-5-6-8-11-20(24)26-2;1-3-4-7-10-16(23)13-14-17-18(20(24)15-19(17)22)11-8-5-6-9-12-21(25)26-2;3-2(4,5)1(6)7;1-2/h8,10,21-24,30H,6-7,9,11-20H2,1-5H3,(H,29,32);15-19,24H,5-14H2,1-4H3,(H,23,25);5,7,16-19,22-23,25H,3-4,6,8-15H2,1-2H3;5,8,17-20,24H,3-4,6-7,9-15,22H2,1-2H3;(H,6,7);1H3/b10-8-;;7-5-;8-5-;;/t21-,22-,23?,24?;15-,16-,17?,18?,19?;16-,17-,18-,19+,21?;17-,18-,19?,20?;;/m1111../s1. The Morgan fingerprint density at radius 2 is 0.889 bits per heavy atom. The lowest BCUT2D eigenvalue weighted by atomic mass is 9.80. The van der Waals surface area contributed by atoms with Crippen molar-refractivity contribution in [2.24, 2.45) is 53.1 Å². The number of carboxylic acid groups (broad SMARTS) is 1. The first-order chi connectivity index (χ1) is 59.7. The molecule has 4 aliphatic carbocycles. The van der Waals surface area contributed by atoms with E-state index in [9.17, 15) is 67.5 Å². The Labute approximate surface area is 759 Å². The first kappa shape index (κ1) is 115. The van der Waals surface area contributed by atoms with Gasteiger partial charge in [0.05, 0.1) is 72.2 Å². The highest BCUT2D eigenvalue weighted by Crippen LogP contribution is 2.49. The van der Waals surface area contributed by atoms with Gasteiger partial charge in [0.1, 0.15) is 22.7 Å². The molecule has 18 atom stereocenters. The fourth-order valence-corrected chi connectivity index (χ4v) is 19.0. The molecule has 0 radical (unpaired) electrons. The predicted molar refractivity (Wildman–Crippen MR) is 481 cm³/mol. The number of amides is 2. The largest absolute Gasteiger partial charge is 0.490 e. The number of rotatable bonds is 45. The summed E-state index contributed by atoms with van der Waals surface area (Å²) in [6, 6.07) is -0.00242. The molecule has 0 bridgehead atoms. The highest BCUT2D eigenvalue weighted by Gasteiger charge is 2.53. The summed E-state index contributed by atoms with van der Waals surface area (Å²) in [6.07, 6.45) is 39.2. The van der Waals surface area contributed by atoms with Crippen LogP contribution in [0.15, 0.2) is 36.5 Å². The molecule has 8 unspecified atom stereocenters. The number of ketones is 1. The summed E-state index contributed by atoms with van der Waals surface area (Å²) in [5, 5.41) is 69.2. The Balaban J connectivity index is 0.000000422. The van der Waals surface area contributed by atoms with Gasteiger partial charge in [0.25, 0.3) is 0 Å². The number of aliphatic carboxylic acids is 1. The Bertz CT molecular complexity index is 3150. The number of hydrogen-bond donors (Lipinski definition) is 10. The molecule has 11 N–H and O–H groups in total. The van der Waals surface area contributed by atoms with E-state index in [-0.39, 0.29) is 108 Å². The van der Waals surface area contributed by atoms with Crippen LogP contribution in [0, 0.1) is 47.3 Å². The number of aliphatic hydroxyl groups excluding tert-OH is 4. The van der Waals surface area contributed by atoms with E-state index in [2.05, 4.69) is 110 Å². The number of nitrogens with two attached hydrogens (primary N) is 1. The van der Waals surface area contributed by atoms with E-state index in [4.69, 9.17) is 48.8 Å². The van der Waals surface area contributed by atoms with Crippen LogP contribution in [0.2, 0.25) is 0 Å². The minimum atomic E-state index is -5.08. The van der Waals surface area contributed by atoms with Crippen LogP contribution in [-0.4, -0.2) is 216 Å². The molecule has 4 heterocycles. The van der Waals surface area contributed by atoms with Gasteiger partial charge >= 0.3 is 42.2 Å². The quantitative estimate of drug-likeness (QED) is 0.00890. The number of methoxy groups -OCH3 is 3. The number of Topliss-reactive ketones (excluding diaryl/α,β-unsaturated/α-hetero) is 1. The summed E-state index contributed by atoms with van der Waals surface area (Å²) in [4.78, 5) is 79.3. The summed E-state index contributed by atoms with van der Waals surface area (Å²) < 4.78 is 86.6. The number of allylic oxidation sites excluding steroid dienone is 6. The van der Waals surface area contributed by atoms with Crippen LogP contribution in [-0.2, 0) is 71.3 Å². The van der Waals surface area contributed by atoms with E-state index >= 15 is 0 Å². The molecule has 126 heavy (non-hydrogen) atoms. The molecule has 2 amide bonds. The molecule has 8 fully saturated rings. The van der Waals surface area contributed by atoms with Crippen LogP contribution in [0.4, 0.5) is 22.8 Å². The lowest BCUT2D eigenvalue weighted by molar-refractivity contribution is -0.192. The maximum atomic E-state index is 12.6. The molecule has 0 aromatic heterocycles. The third-order valence-electron chi connectivity index (χ3n) is 25.4. The predicted octanol–water partition coefficient (Wildman–Crippen LogP) is 17.5. The first-order valence-electron chi connectivity index (χ1n) is 47.3. The van der Waals surface area contributed by atoms with E-state index in [0.717, 1.165) is 186 Å². The average Bonchev–Trinajstić information content (AvgIpc) is 1.64. The van der Waals surface area contributed by atoms with Crippen LogP contribution in [0.25, 0.3) is 0 Å². The number of alkyl carbamates (subject to hydrolysis) is 2. The summed E-state index contributed by atoms with van der Waals surface area (Å²) in [5.74, 6) is -0.648. The average molecular weight is 1870 g/mol. The second-order valence-electron chi connectivity index (χ2n) is 37.3. The van der Waals surface area contributed by atoms with Crippen LogP contribution in [0.3, 0.4) is 0 Å². The van der Waals surface area contributed by atoms with E-state index in [1.54, 1.807) is 0 Å². The molecule has 4 aliphatic heterocycles. The second kappa shape index (κ2) is 61.0. The van der Waals surface area contributed by atoms with Gasteiger partial charge in [-0.2, -0.15) is 13.2 Å². The molecule has 8 aliphatic rings. The van der Waals surface area contributed by atoms with Crippen LogP contribution in [0.1, 0.15) is 332 Å². The van der Waals surface area contributed by atoms with Crippen molar-refractivity contribution in [3.63, 3.8) is 0 Å². The van der Waals surface area contributed by atoms with Gasteiger partial charge in [0.15, 0.2) is 17.9 Å². The Morgan fingerprint density at radius 3 is 1.33 bits per heavy atom. The fourth-order valence-electron chi connectivity index (χ4n) is 19.0. The molecule has 732 valence electrons. The van der Waals surface area contributed by atoms with Crippen molar-refractivity contribution in [2.45, 2.75) is 422 Å². The number of hydrogen-bond acceptors (Lipinski definition) is 24. The van der Waals surface area contributed by atoms with E-state index in [1.807, 2.05) is 47.4 Å². The number of aliphatic hydroxyl groups is 5. The molecule has 4 saturated carbocycles. The number of ether oxygens (including phenoxy) is 10. The number of halogens is 4. The van der Waals surface area contributed by atoms with Crippen molar-refractivity contribution >= 4 is 57.8 Å². The van der Waals surface area contributed by atoms with Crippen molar-refractivity contribution in [3.8, 4) is 0 Å². The van der Waals surface area contributed by atoms with Crippen LogP contribution in [0.5, 0.6) is 0 Å². The maximum absolute atomic E-state index is 12.6. The van der Waals surface area contributed by atoms with Crippen molar-refractivity contribution in [1.29, 1.82) is 0 Å². The summed E-state index contributed by atoms with van der Waals surface area (Å²) in [6.45, 7) is 22.3. The van der Waals surface area contributed by atoms with E-state index in [0.29, 0.717) is 102 Å². The van der Waals surface area contributed by atoms with E-state index in [1.165, 1.54) is 34.2 Å². The van der Waals surface area contributed by atoms with Crippen LogP contribution >= 0.6 is 15.9 Å². The Hall–Kier alpha value is -4.90. The minimum Gasteiger partial charge on any atom is -0.475 e. The SMILES string of the molecule is CBr.CCCCCC(=O)CC[C@H]1C(N)CC(O)[C@@H]1C/C=C\CCCC(=O)OC.CCCCCC1(CC[C@H]2C(NC(=O)OC(C)(C)C)CC(O)[C@@H]2C/C=C\CCCC(=O)OC)OCCO1.CCCCCC1(CC[C@H]2C(NC(=O)OC(C)(C)C)CC3OC(O)C[C@@H]32)OCCO1.CCCCCC1(O)CC[C@@H]2[C@@H](C/C=C\CCCC(=O)OC)[C@@H](O)C[C@H]2N1.O=C(O)C(F)(F)F. The zero-order chi connectivity index (χ0) is 94.1.